The highest BCUT2D eigenvalue weighted by molar-refractivity contribution is 7.71. The van der Waals surface area contributed by atoms with Gasteiger partial charge in [-0.15, -0.1) is 10.2 Å². The molecule has 0 aromatic carbocycles. The van der Waals surface area contributed by atoms with Crippen molar-refractivity contribution in [2.75, 3.05) is 0 Å². The van der Waals surface area contributed by atoms with Crippen molar-refractivity contribution in [3.8, 4) is 0 Å². The topological polar surface area (TPSA) is 201 Å². The fourth-order valence-corrected chi connectivity index (χ4v) is 1.76. The number of rotatable bonds is 0. The van der Waals surface area contributed by atoms with Gasteiger partial charge in [0.15, 0.2) is 5.82 Å². The highest BCUT2D eigenvalue weighted by atomic mass is 32.1. The molecule has 16 heteroatoms. The molecule has 4 aromatic heterocycles. The standard InChI is InChI=1S/C3H4N2O2.2C3H4N2OS.C2H4N4/c2*1-2-4-3(6)7-5-2;1-2-4-3(7)6-5-2;1-2-3-5-6-4-2/h2*1H3,(H,4,5,6);1H3,(H,4,5,7);1H3,(H,3,4,5,6). The highest BCUT2D eigenvalue weighted by Gasteiger charge is 1.87. The Morgan fingerprint density at radius 3 is 1.93 bits per heavy atom. The lowest BCUT2D eigenvalue weighted by Gasteiger charge is -1.65. The van der Waals surface area contributed by atoms with E-state index in [0.29, 0.717) is 23.3 Å². The van der Waals surface area contributed by atoms with Crippen molar-refractivity contribution in [3.63, 3.8) is 0 Å². The zero-order chi connectivity index (χ0) is 20.2. The maximum atomic E-state index is 10.2. The minimum atomic E-state index is -0.502. The van der Waals surface area contributed by atoms with Crippen LogP contribution in [0, 0.1) is 32.5 Å². The number of tetrazole rings is 1. The molecule has 0 atom stereocenters. The summed E-state index contributed by atoms with van der Waals surface area (Å²) in [6, 6.07) is 0. The first kappa shape index (κ1) is 21.8. The van der Waals surface area contributed by atoms with Crippen molar-refractivity contribution in [1.82, 2.24) is 50.3 Å². The molecule has 0 amide bonds. The van der Waals surface area contributed by atoms with E-state index in [1.54, 1.807) is 27.7 Å². The van der Waals surface area contributed by atoms with E-state index in [0.717, 1.165) is 11.5 Å². The number of H-pyrrole nitrogens is 4. The van der Waals surface area contributed by atoms with Crippen LogP contribution in [-0.4, -0.2) is 50.3 Å². The predicted octanol–water partition coefficient (Wildman–Crippen LogP) is 0.360. The van der Waals surface area contributed by atoms with Gasteiger partial charge in [0.05, 0.1) is 0 Å². The summed E-state index contributed by atoms with van der Waals surface area (Å²) in [4.78, 5) is 28.9. The van der Waals surface area contributed by atoms with E-state index in [9.17, 15) is 9.59 Å². The first-order valence-electron chi connectivity index (χ1n) is 7.03. The second kappa shape index (κ2) is 11.4. The number of aromatic nitrogens is 10. The third-order valence-electron chi connectivity index (χ3n) is 2.09. The molecule has 0 aliphatic rings. The Bertz CT molecular complexity index is 944. The monoisotopic (exact) mass is 416 g/mol. The summed E-state index contributed by atoms with van der Waals surface area (Å²) in [5.74, 6) is 2.08. The molecule has 0 bridgehead atoms. The fourth-order valence-electron chi connectivity index (χ4n) is 1.12. The lowest BCUT2D eigenvalue weighted by molar-refractivity contribution is 0.383. The molecule has 4 heterocycles. The zero-order valence-electron chi connectivity index (χ0n) is 14.6. The van der Waals surface area contributed by atoms with E-state index in [1.165, 1.54) is 0 Å². The summed E-state index contributed by atoms with van der Waals surface area (Å²) in [7, 11) is 0. The molecular formula is C11H16N10O4S2. The second-order valence-electron chi connectivity index (χ2n) is 4.49. The molecule has 0 saturated carbocycles. The minimum Gasteiger partial charge on any atom is -0.348 e. The van der Waals surface area contributed by atoms with Crippen molar-refractivity contribution in [2.45, 2.75) is 27.7 Å². The van der Waals surface area contributed by atoms with Crippen LogP contribution in [0.3, 0.4) is 0 Å². The van der Waals surface area contributed by atoms with Gasteiger partial charge in [0, 0.05) is 11.5 Å². The number of aryl methyl sites for hydroxylation is 4. The quantitative estimate of drug-likeness (QED) is 0.288. The van der Waals surface area contributed by atoms with Crippen LogP contribution in [0.1, 0.15) is 23.3 Å². The SMILES string of the molecule is Cc1nc(=S)o[nH]1.Cc1nn[nH]n1.Cc1noc(=O)[nH]1.Cc1nsc(=O)[nH]1. The van der Waals surface area contributed by atoms with Gasteiger partial charge in [-0.1, -0.05) is 10.4 Å². The number of nitrogens with one attached hydrogen (secondary N) is 4. The van der Waals surface area contributed by atoms with Gasteiger partial charge in [-0.05, 0) is 39.9 Å². The van der Waals surface area contributed by atoms with E-state index in [-0.39, 0.29) is 9.71 Å². The minimum absolute atomic E-state index is 0.0856. The lowest BCUT2D eigenvalue weighted by atomic mass is 10.8. The lowest BCUT2D eigenvalue weighted by Crippen LogP contribution is -1.93. The molecule has 0 spiro atoms. The van der Waals surface area contributed by atoms with Crippen molar-refractivity contribution >= 4 is 23.8 Å². The average Bonchev–Trinajstić information content (AvgIpc) is 3.37. The third-order valence-corrected chi connectivity index (χ3v) is 2.90. The van der Waals surface area contributed by atoms with Gasteiger partial charge in [-0.25, -0.2) is 9.95 Å². The van der Waals surface area contributed by atoms with Crippen molar-refractivity contribution in [1.29, 1.82) is 0 Å². The molecule has 27 heavy (non-hydrogen) atoms. The van der Waals surface area contributed by atoms with Gasteiger partial charge >= 0.3 is 15.5 Å². The Morgan fingerprint density at radius 2 is 1.78 bits per heavy atom. The van der Waals surface area contributed by atoms with Crippen LogP contribution in [0.4, 0.5) is 0 Å². The normalized spacial score (nSPS) is 9.19. The zero-order valence-corrected chi connectivity index (χ0v) is 16.3. The van der Waals surface area contributed by atoms with E-state index in [1.807, 2.05) is 0 Å². The summed E-state index contributed by atoms with van der Waals surface area (Å²) in [5, 5.41) is 18.5. The van der Waals surface area contributed by atoms with Crippen LogP contribution in [0.5, 0.6) is 0 Å². The van der Waals surface area contributed by atoms with Gasteiger partial charge < -0.3 is 4.52 Å². The molecule has 4 N–H and O–H groups in total. The molecule has 0 unspecified atom stereocenters. The molecule has 0 radical (unpaired) electrons. The molecule has 0 fully saturated rings. The Morgan fingerprint density at radius 1 is 1.04 bits per heavy atom. The van der Waals surface area contributed by atoms with E-state index in [4.69, 9.17) is 0 Å². The molecule has 0 aliphatic carbocycles. The number of hydrogen-bond acceptors (Lipinski definition) is 12. The van der Waals surface area contributed by atoms with Crippen LogP contribution in [0.15, 0.2) is 18.6 Å². The van der Waals surface area contributed by atoms with Crippen molar-refractivity contribution in [3.05, 3.63) is 48.4 Å². The molecule has 14 nitrogen and oxygen atoms in total. The summed E-state index contributed by atoms with van der Waals surface area (Å²) >= 11 is 5.47. The predicted molar refractivity (Wildman–Crippen MR) is 94.7 cm³/mol. The van der Waals surface area contributed by atoms with Crippen LogP contribution >= 0.6 is 23.8 Å². The van der Waals surface area contributed by atoms with Gasteiger partial charge in [-0.3, -0.25) is 19.3 Å². The number of nitrogens with zero attached hydrogens (tertiary/aromatic N) is 6. The molecule has 4 rings (SSSR count). The Labute approximate surface area is 159 Å². The largest absolute Gasteiger partial charge is 0.438 e. The van der Waals surface area contributed by atoms with E-state index < -0.39 is 5.76 Å². The summed E-state index contributed by atoms with van der Waals surface area (Å²) in [6.07, 6.45) is 0. The Kier molecular flexibility index (Phi) is 9.16. The Hall–Kier alpha value is -3.27. The summed E-state index contributed by atoms with van der Waals surface area (Å²) < 4.78 is 12.3. The fraction of sp³-hybridized carbons (Fsp3) is 0.364. The number of aromatic amines is 4. The van der Waals surface area contributed by atoms with Gasteiger partial charge in [0.25, 0.3) is 0 Å². The third kappa shape index (κ3) is 10.3. The van der Waals surface area contributed by atoms with Gasteiger partial charge in [0.1, 0.15) is 17.5 Å². The van der Waals surface area contributed by atoms with Crippen LogP contribution < -0.4 is 10.6 Å². The van der Waals surface area contributed by atoms with E-state index in [2.05, 4.69) is 71.5 Å². The summed E-state index contributed by atoms with van der Waals surface area (Å²) in [5.41, 5.74) is 0. The molecule has 0 saturated heterocycles. The van der Waals surface area contributed by atoms with Gasteiger partial charge in [0.2, 0.25) is 0 Å². The smallest absolute Gasteiger partial charge is 0.348 e. The first-order valence-corrected chi connectivity index (χ1v) is 8.21. The van der Waals surface area contributed by atoms with Crippen LogP contribution in [0.2, 0.25) is 0 Å². The average molecular weight is 416 g/mol. The second-order valence-corrected chi connectivity index (χ2v) is 5.57. The van der Waals surface area contributed by atoms with Crippen molar-refractivity contribution < 1.29 is 9.05 Å². The maximum Gasteiger partial charge on any atom is 0.438 e. The van der Waals surface area contributed by atoms with Crippen LogP contribution in [-0.2, 0) is 0 Å². The summed E-state index contributed by atoms with van der Waals surface area (Å²) in [6.45, 7) is 6.94. The van der Waals surface area contributed by atoms with Crippen molar-refractivity contribution in [2.24, 2.45) is 0 Å². The highest BCUT2D eigenvalue weighted by Crippen LogP contribution is 1.84. The van der Waals surface area contributed by atoms with Gasteiger partial charge in [-0.2, -0.15) is 14.6 Å². The van der Waals surface area contributed by atoms with Crippen LogP contribution in [0.25, 0.3) is 0 Å². The Balaban J connectivity index is 0.000000180. The molecular weight excluding hydrogens is 400 g/mol. The first-order chi connectivity index (χ1) is 12.8. The number of hydrogen-bond donors (Lipinski definition) is 4. The molecule has 4 aromatic rings. The van der Waals surface area contributed by atoms with E-state index >= 15 is 0 Å². The maximum absolute atomic E-state index is 10.2. The molecule has 146 valence electrons. The molecule has 0 aliphatic heterocycles.